The highest BCUT2D eigenvalue weighted by Gasteiger charge is 2.20. The third-order valence-corrected chi connectivity index (χ3v) is 0.989. The van der Waals surface area contributed by atoms with Gasteiger partial charge in [-0.25, -0.2) is 0 Å². The van der Waals surface area contributed by atoms with Crippen LogP contribution in [-0.2, 0) is 9.59 Å². The zero-order chi connectivity index (χ0) is 8.15. The van der Waals surface area contributed by atoms with Crippen LogP contribution < -0.4 is 10.6 Å². The standard InChI is InChI=1S/C5H10N2O3/c1-6-4(9)3(8)5(10)7-2/h3,8H,1-2H3,(H,6,9)(H,7,10). The first-order valence-corrected chi connectivity index (χ1v) is 2.74. The maximum atomic E-state index is 10.5. The highest BCUT2D eigenvalue weighted by Crippen LogP contribution is 1.80. The minimum atomic E-state index is -1.60. The van der Waals surface area contributed by atoms with E-state index in [1.807, 2.05) is 0 Å². The molecule has 0 aromatic heterocycles. The Morgan fingerprint density at radius 3 is 1.70 bits per heavy atom. The van der Waals surface area contributed by atoms with E-state index in [0.717, 1.165) is 0 Å². The van der Waals surface area contributed by atoms with Crippen molar-refractivity contribution in [1.29, 1.82) is 0 Å². The second-order valence-electron chi connectivity index (χ2n) is 1.63. The summed E-state index contributed by atoms with van der Waals surface area (Å²) in [5.74, 6) is -1.42. The van der Waals surface area contributed by atoms with Crippen LogP contribution in [0.3, 0.4) is 0 Å². The lowest BCUT2D eigenvalue weighted by molar-refractivity contribution is -0.140. The Hall–Kier alpha value is -1.10. The summed E-state index contributed by atoms with van der Waals surface area (Å²) in [6.07, 6.45) is -1.60. The highest BCUT2D eigenvalue weighted by molar-refractivity contribution is 6.02. The van der Waals surface area contributed by atoms with Crippen molar-refractivity contribution in [2.45, 2.75) is 6.10 Å². The van der Waals surface area contributed by atoms with Gasteiger partial charge in [-0.3, -0.25) is 9.59 Å². The number of likely N-dealkylation sites (N-methyl/N-ethyl adjacent to an activating group) is 2. The summed E-state index contributed by atoms with van der Waals surface area (Å²) in [4.78, 5) is 21.0. The normalized spacial score (nSPS) is 9.20. The van der Waals surface area contributed by atoms with Gasteiger partial charge in [0.1, 0.15) is 0 Å². The van der Waals surface area contributed by atoms with Crippen LogP contribution in [0.25, 0.3) is 0 Å². The lowest BCUT2D eigenvalue weighted by Crippen LogP contribution is -2.43. The molecule has 5 heteroatoms. The Morgan fingerprint density at radius 1 is 1.20 bits per heavy atom. The quantitative estimate of drug-likeness (QED) is 0.388. The van der Waals surface area contributed by atoms with Crippen molar-refractivity contribution in [3.8, 4) is 0 Å². The number of aliphatic hydroxyl groups excluding tert-OH is 1. The predicted molar refractivity (Wildman–Crippen MR) is 34.1 cm³/mol. The van der Waals surface area contributed by atoms with Crippen LogP contribution in [0.1, 0.15) is 0 Å². The summed E-state index contributed by atoms with van der Waals surface area (Å²) in [6, 6.07) is 0. The minimum Gasteiger partial charge on any atom is -0.375 e. The summed E-state index contributed by atoms with van der Waals surface area (Å²) in [5.41, 5.74) is 0. The lowest BCUT2D eigenvalue weighted by Gasteiger charge is -2.05. The summed E-state index contributed by atoms with van der Waals surface area (Å²) >= 11 is 0. The van der Waals surface area contributed by atoms with E-state index < -0.39 is 17.9 Å². The fraction of sp³-hybridized carbons (Fsp3) is 0.600. The molecule has 3 N–H and O–H groups in total. The van der Waals surface area contributed by atoms with Crippen molar-refractivity contribution < 1.29 is 14.7 Å². The van der Waals surface area contributed by atoms with Crippen LogP contribution in [0.5, 0.6) is 0 Å². The molecule has 0 spiro atoms. The third-order valence-electron chi connectivity index (χ3n) is 0.989. The second kappa shape index (κ2) is 3.84. The van der Waals surface area contributed by atoms with E-state index in [0.29, 0.717) is 0 Å². The molecule has 0 unspecified atom stereocenters. The molecule has 0 saturated heterocycles. The molecule has 0 aromatic rings. The number of rotatable bonds is 2. The van der Waals surface area contributed by atoms with Crippen molar-refractivity contribution in [3.05, 3.63) is 0 Å². The van der Waals surface area contributed by atoms with Crippen LogP contribution in [0, 0.1) is 0 Å². The number of nitrogens with one attached hydrogen (secondary N) is 2. The number of aliphatic hydroxyl groups is 1. The number of amides is 2. The molecule has 0 aliphatic rings. The predicted octanol–water partition coefficient (Wildman–Crippen LogP) is -2.16. The van der Waals surface area contributed by atoms with Gasteiger partial charge in [-0.05, 0) is 0 Å². The molecule has 0 radical (unpaired) electrons. The van der Waals surface area contributed by atoms with Gasteiger partial charge in [0, 0.05) is 14.1 Å². The van der Waals surface area contributed by atoms with Gasteiger partial charge in [-0.15, -0.1) is 0 Å². The van der Waals surface area contributed by atoms with E-state index in [1.54, 1.807) is 0 Å². The Balaban J connectivity index is 3.94. The zero-order valence-corrected chi connectivity index (χ0v) is 5.84. The summed E-state index contributed by atoms with van der Waals surface area (Å²) in [7, 11) is 2.68. The molecule has 0 rings (SSSR count). The lowest BCUT2D eigenvalue weighted by atomic mass is 10.3. The zero-order valence-electron chi connectivity index (χ0n) is 5.84. The largest absolute Gasteiger partial charge is 0.375 e. The van der Waals surface area contributed by atoms with Crippen molar-refractivity contribution in [2.75, 3.05) is 14.1 Å². The molecule has 0 atom stereocenters. The van der Waals surface area contributed by atoms with E-state index in [9.17, 15) is 9.59 Å². The van der Waals surface area contributed by atoms with Crippen LogP contribution in [0.2, 0.25) is 0 Å². The number of carbonyl (C=O) groups excluding carboxylic acids is 2. The number of hydrogen-bond donors (Lipinski definition) is 3. The van der Waals surface area contributed by atoms with Gasteiger partial charge in [0.25, 0.3) is 11.8 Å². The van der Waals surface area contributed by atoms with Gasteiger partial charge >= 0.3 is 0 Å². The summed E-state index contributed by atoms with van der Waals surface area (Å²) < 4.78 is 0. The van der Waals surface area contributed by atoms with Crippen LogP contribution in [0.15, 0.2) is 0 Å². The Labute approximate surface area is 58.4 Å². The van der Waals surface area contributed by atoms with E-state index >= 15 is 0 Å². The maximum Gasteiger partial charge on any atom is 0.258 e. The summed E-state index contributed by atoms with van der Waals surface area (Å²) in [6.45, 7) is 0. The Morgan fingerprint density at radius 2 is 1.50 bits per heavy atom. The fourth-order valence-electron chi connectivity index (χ4n) is 0.393. The van der Waals surface area contributed by atoms with Gasteiger partial charge < -0.3 is 15.7 Å². The Bertz CT molecular complexity index is 130. The van der Waals surface area contributed by atoms with Crippen molar-refractivity contribution in [1.82, 2.24) is 10.6 Å². The molecule has 0 bridgehead atoms. The van der Waals surface area contributed by atoms with Crippen LogP contribution in [-0.4, -0.2) is 37.1 Å². The topological polar surface area (TPSA) is 78.4 Å². The molecule has 0 aliphatic carbocycles. The minimum absolute atomic E-state index is 0.709. The van der Waals surface area contributed by atoms with E-state index in [1.165, 1.54) is 14.1 Å². The third kappa shape index (κ3) is 2.02. The van der Waals surface area contributed by atoms with Gasteiger partial charge in [0.15, 0.2) is 0 Å². The van der Waals surface area contributed by atoms with Crippen molar-refractivity contribution in [2.24, 2.45) is 0 Å². The number of hydrogen-bond acceptors (Lipinski definition) is 3. The Kier molecular flexibility index (Phi) is 3.42. The van der Waals surface area contributed by atoms with Gasteiger partial charge in [0.2, 0.25) is 6.10 Å². The molecule has 0 heterocycles. The maximum absolute atomic E-state index is 10.5. The average molecular weight is 146 g/mol. The monoisotopic (exact) mass is 146 g/mol. The fourth-order valence-corrected chi connectivity index (χ4v) is 0.393. The molecular weight excluding hydrogens is 136 g/mol. The molecule has 0 saturated carbocycles. The summed E-state index contributed by atoms with van der Waals surface area (Å²) in [5, 5.41) is 13.0. The van der Waals surface area contributed by atoms with E-state index in [4.69, 9.17) is 5.11 Å². The van der Waals surface area contributed by atoms with Gasteiger partial charge in [-0.1, -0.05) is 0 Å². The van der Waals surface area contributed by atoms with Gasteiger partial charge in [-0.2, -0.15) is 0 Å². The van der Waals surface area contributed by atoms with Crippen molar-refractivity contribution in [3.63, 3.8) is 0 Å². The first kappa shape index (κ1) is 8.90. The first-order valence-electron chi connectivity index (χ1n) is 2.74. The average Bonchev–Trinajstić information content (AvgIpc) is 2.00. The van der Waals surface area contributed by atoms with Crippen molar-refractivity contribution >= 4 is 11.8 Å². The molecule has 10 heavy (non-hydrogen) atoms. The number of carbonyl (C=O) groups is 2. The molecule has 58 valence electrons. The molecule has 0 fully saturated rings. The molecule has 0 aliphatic heterocycles. The SMILES string of the molecule is CNC(=O)C(O)C(=O)NC. The second-order valence-corrected chi connectivity index (χ2v) is 1.63. The van der Waals surface area contributed by atoms with E-state index in [-0.39, 0.29) is 0 Å². The highest BCUT2D eigenvalue weighted by atomic mass is 16.3. The smallest absolute Gasteiger partial charge is 0.258 e. The van der Waals surface area contributed by atoms with Crippen LogP contribution in [0.4, 0.5) is 0 Å². The molecular formula is C5H10N2O3. The van der Waals surface area contributed by atoms with Crippen LogP contribution >= 0.6 is 0 Å². The van der Waals surface area contributed by atoms with E-state index in [2.05, 4.69) is 10.6 Å². The van der Waals surface area contributed by atoms with Gasteiger partial charge in [0.05, 0.1) is 0 Å². The molecule has 0 aromatic carbocycles. The molecule has 5 nitrogen and oxygen atoms in total. The first-order chi connectivity index (χ1) is 4.63. The molecule has 2 amide bonds.